The van der Waals surface area contributed by atoms with Gasteiger partial charge in [-0.05, 0) is 24.3 Å². The Morgan fingerprint density at radius 1 is 1.17 bits per heavy atom. The molecule has 0 bridgehead atoms. The molecule has 0 radical (unpaired) electrons. The Morgan fingerprint density at radius 3 is 2.67 bits per heavy atom. The second kappa shape index (κ2) is 5.76. The van der Waals surface area contributed by atoms with Crippen LogP contribution in [0.1, 0.15) is 5.69 Å². The highest BCUT2D eigenvalue weighted by Gasteiger charge is 2.36. The van der Waals surface area contributed by atoms with Crippen molar-refractivity contribution < 1.29 is 17.6 Å². The summed E-state index contributed by atoms with van der Waals surface area (Å²) in [5.74, 6) is 4.73. The third-order valence-corrected chi connectivity index (χ3v) is 3.24. The molecule has 2 aromatic heterocycles. The highest BCUT2D eigenvalue weighted by molar-refractivity contribution is 5.88. The minimum absolute atomic E-state index is 0.00817. The minimum atomic E-state index is -4.69. The summed E-state index contributed by atoms with van der Waals surface area (Å²) in [5, 5.41) is 6.88. The van der Waals surface area contributed by atoms with Gasteiger partial charge in [0, 0.05) is 17.8 Å². The molecule has 0 aliphatic carbocycles. The van der Waals surface area contributed by atoms with Crippen LogP contribution in [0.15, 0.2) is 62.1 Å². The first-order valence-electron chi connectivity index (χ1n) is 6.62. The Balaban J connectivity index is 2.34. The van der Waals surface area contributed by atoms with Gasteiger partial charge in [0.15, 0.2) is 16.7 Å². The highest BCUT2D eigenvalue weighted by Crippen LogP contribution is 2.36. The van der Waals surface area contributed by atoms with Crippen molar-refractivity contribution in [2.75, 3.05) is 0 Å². The van der Waals surface area contributed by atoms with Crippen LogP contribution in [-0.4, -0.2) is 4.98 Å². The number of nitrogens with zero attached hydrogens (tertiary/aromatic N) is 3. The van der Waals surface area contributed by atoms with Gasteiger partial charge in [0.25, 0.3) is 0 Å². The molecule has 3 rings (SSSR count). The molecule has 0 saturated carbocycles. The zero-order valence-corrected chi connectivity index (χ0v) is 11.9. The van der Waals surface area contributed by atoms with E-state index in [2.05, 4.69) is 15.3 Å². The summed E-state index contributed by atoms with van der Waals surface area (Å²) in [7, 11) is 0. The molecule has 6 nitrogen and oxygen atoms in total. The average Bonchev–Trinajstić information content (AvgIpc) is 2.55. The van der Waals surface area contributed by atoms with Crippen LogP contribution in [0.5, 0.6) is 0 Å². The predicted octanol–water partition coefficient (Wildman–Crippen LogP) is 3.83. The van der Waals surface area contributed by atoms with Gasteiger partial charge in [0.2, 0.25) is 0 Å². The Bertz CT molecular complexity index is 996. The number of para-hydroxylation sites is 1. The Hall–Kier alpha value is -3.23. The Morgan fingerprint density at radius 2 is 1.96 bits per heavy atom. The second-order valence-corrected chi connectivity index (χ2v) is 4.74. The minimum Gasteiger partial charge on any atom is -0.453 e. The molecule has 0 amide bonds. The van der Waals surface area contributed by atoms with Crippen LogP contribution in [0, 0.1) is 0 Å². The second-order valence-electron chi connectivity index (χ2n) is 4.74. The van der Waals surface area contributed by atoms with Crippen LogP contribution >= 0.6 is 0 Å². The van der Waals surface area contributed by atoms with Gasteiger partial charge in [0.05, 0.1) is 5.39 Å². The van der Waals surface area contributed by atoms with Crippen molar-refractivity contribution in [1.82, 2.24) is 4.98 Å². The fraction of sp³-hybridized carbons (Fsp3) is 0.0667. The Kier molecular flexibility index (Phi) is 3.76. The number of fused-ring (bicyclic) bond motifs is 1. The molecule has 0 unspecified atom stereocenters. The van der Waals surface area contributed by atoms with E-state index in [4.69, 9.17) is 10.3 Å². The SMILES string of the molecule is NN=Nc1cccc2c(=O)cc(-c3cccnc3C(F)(F)F)oc12. The molecular formula is C15H9F3N4O2. The molecule has 0 fully saturated rings. The van der Waals surface area contributed by atoms with Crippen molar-refractivity contribution in [2.24, 2.45) is 16.2 Å². The largest absolute Gasteiger partial charge is 0.453 e. The molecule has 0 saturated heterocycles. The van der Waals surface area contributed by atoms with Crippen LogP contribution in [0.3, 0.4) is 0 Å². The zero-order chi connectivity index (χ0) is 17.3. The monoisotopic (exact) mass is 334 g/mol. The highest BCUT2D eigenvalue weighted by atomic mass is 19.4. The van der Waals surface area contributed by atoms with Crippen molar-refractivity contribution in [3.8, 4) is 11.3 Å². The van der Waals surface area contributed by atoms with E-state index in [1.54, 1.807) is 0 Å². The first-order valence-corrected chi connectivity index (χ1v) is 6.62. The number of hydrogen-bond acceptors (Lipinski definition) is 5. The third-order valence-electron chi connectivity index (χ3n) is 3.24. The fourth-order valence-electron chi connectivity index (χ4n) is 2.27. The molecule has 0 spiro atoms. The first kappa shape index (κ1) is 15.7. The summed E-state index contributed by atoms with van der Waals surface area (Å²) >= 11 is 0. The van der Waals surface area contributed by atoms with Gasteiger partial charge < -0.3 is 10.3 Å². The van der Waals surface area contributed by atoms with E-state index in [1.165, 1.54) is 30.3 Å². The maximum absolute atomic E-state index is 13.1. The predicted molar refractivity (Wildman–Crippen MR) is 79.4 cm³/mol. The van der Waals surface area contributed by atoms with E-state index in [0.29, 0.717) is 0 Å². The van der Waals surface area contributed by atoms with E-state index in [-0.39, 0.29) is 28.0 Å². The molecule has 9 heteroatoms. The number of halogens is 3. The maximum atomic E-state index is 13.1. The van der Waals surface area contributed by atoms with Crippen LogP contribution in [0.25, 0.3) is 22.3 Å². The van der Waals surface area contributed by atoms with Gasteiger partial charge >= 0.3 is 6.18 Å². The van der Waals surface area contributed by atoms with Gasteiger partial charge in [0.1, 0.15) is 11.4 Å². The summed E-state index contributed by atoms with van der Waals surface area (Å²) in [6, 6.07) is 7.95. The van der Waals surface area contributed by atoms with Crippen molar-refractivity contribution in [3.63, 3.8) is 0 Å². The first-order chi connectivity index (χ1) is 11.4. The van der Waals surface area contributed by atoms with E-state index in [1.807, 2.05) is 0 Å². The van der Waals surface area contributed by atoms with E-state index < -0.39 is 17.3 Å². The molecule has 0 aliphatic rings. The number of alkyl halides is 3. The molecule has 2 N–H and O–H groups in total. The summed E-state index contributed by atoms with van der Waals surface area (Å²) in [4.78, 5) is 15.6. The molecule has 0 atom stereocenters. The van der Waals surface area contributed by atoms with Gasteiger partial charge in [-0.15, -0.1) is 5.11 Å². The maximum Gasteiger partial charge on any atom is 0.434 e. The lowest BCUT2D eigenvalue weighted by molar-refractivity contribution is -0.140. The van der Waals surface area contributed by atoms with Crippen LogP contribution in [-0.2, 0) is 6.18 Å². The molecule has 0 aliphatic heterocycles. The molecule has 24 heavy (non-hydrogen) atoms. The lowest BCUT2D eigenvalue weighted by Crippen LogP contribution is -2.10. The average molecular weight is 334 g/mol. The number of benzene rings is 1. The third kappa shape index (κ3) is 2.71. The number of pyridine rings is 1. The van der Waals surface area contributed by atoms with Gasteiger partial charge in [-0.25, -0.2) is 0 Å². The van der Waals surface area contributed by atoms with E-state index in [9.17, 15) is 18.0 Å². The van der Waals surface area contributed by atoms with Crippen LogP contribution in [0.4, 0.5) is 18.9 Å². The number of hydrogen-bond donors (Lipinski definition) is 1. The number of aromatic nitrogens is 1. The van der Waals surface area contributed by atoms with Gasteiger partial charge in [-0.1, -0.05) is 11.3 Å². The molecule has 3 aromatic rings. The van der Waals surface area contributed by atoms with Crippen molar-refractivity contribution in [2.45, 2.75) is 6.18 Å². The van der Waals surface area contributed by atoms with E-state index >= 15 is 0 Å². The zero-order valence-electron chi connectivity index (χ0n) is 11.9. The summed E-state index contributed by atoms with van der Waals surface area (Å²) in [6.07, 6.45) is -3.68. The van der Waals surface area contributed by atoms with Crippen LogP contribution in [0.2, 0.25) is 0 Å². The van der Waals surface area contributed by atoms with Crippen molar-refractivity contribution in [1.29, 1.82) is 0 Å². The van der Waals surface area contributed by atoms with Gasteiger partial charge in [-0.2, -0.15) is 13.2 Å². The lowest BCUT2D eigenvalue weighted by Gasteiger charge is -2.11. The normalized spacial score (nSPS) is 12.1. The number of rotatable bonds is 2. The lowest BCUT2D eigenvalue weighted by atomic mass is 10.1. The topological polar surface area (TPSA) is 93.8 Å². The number of nitrogens with two attached hydrogens (primary N) is 1. The molecule has 122 valence electrons. The standard InChI is InChI=1S/C15H9F3N4O2/c16-15(17,18)14-9(4-2-6-20-14)12-7-11(23)8-3-1-5-10(21-22-19)13(8)24-12/h1-7H,(H2,19,21). The molecular weight excluding hydrogens is 325 g/mol. The van der Waals surface area contributed by atoms with E-state index in [0.717, 1.165) is 12.3 Å². The summed E-state index contributed by atoms with van der Waals surface area (Å²) in [5.41, 5.74) is -1.89. The molecule has 1 aromatic carbocycles. The fourth-order valence-corrected chi connectivity index (χ4v) is 2.27. The Labute approximate surface area is 132 Å². The molecule has 2 heterocycles. The summed E-state index contributed by atoms with van der Waals surface area (Å²) < 4.78 is 44.8. The van der Waals surface area contributed by atoms with Crippen LogP contribution < -0.4 is 11.3 Å². The van der Waals surface area contributed by atoms with Crippen molar-refractivity contribution in [3.05, 3.63) is 58.5 Å². The quantitative estimate of drug-likeness (QED) is 0.438. The van der Waals surface area contributed by atoms with Gasteiger partial charge in [-0.3, -0.25) is 9.78 Å². The van der Waals surface area contributed by atoms with Crippen molar-refractivity contribution >= 4 is 16.7 Å². The smallest absolute Gasteiger partial charge is 0.434 e. The summed E-state index contributed by atoms with van der Waals surface area (Å²) in [6.45, 7) is 0.